The van der Waals surface area contributed by atoms with Crippen molar-refractivity contribution in [1.82, 2.24) is 9.97 Å². The SMILES string of the molecule is COc1ccc2nc(Sc3ccc(CN)cc3C)[nH]c2c1. The van der Waals surface area contributed by atoms with E-state index in [2.05, 4.69) is 35.1 Å². The highest BCUT2D eigenvalue weighted by molar-refractivity contribution is 7.99. The highest BCUT2D eigenvalue weighted by Gasteiger charge is 2.08. The molecular weight excluding hydrogens is 282 g/mol. The summed E-state index contributed by atoms with van der Waals surface area (Å²) in [4.78, 5) is 9.09. The second kappa shape index (κ2) is 5.79. The Morgan fingerprint density at radius 2 is 2.10 bits per heavy atom. The number of benzene rings is 2. The average Bonchev–Trinajstić information content (AvgIpc) is 2.90. The Morgan fingerprint density at radius 1 is 1.24 bits per heavy atom. The van der Waals surface area contributed by atoms with Gasteiger partial charge in [0.1, 0.15) is 5.75 Å². The molecule has 0 unspecified atom stereocenters. The van der Waals surface area contributed by atoms with E-state index in [1.54, 1.807) is 18.9 Å². The van der Waals surface area contributed by atoms with E-state index in [9.17, 15) is 0 Å². The largest absolute Gasteiger partial charge is 0.497 e. The first-order valence-corrected chi connectivity index (χ1v) is 7.52. The van der Waals surface area contributed by atoms with Gasteiger partial charge in [0.2, 0.25) is 0 Å². The smallest absolute Gasteiger partial charge is 0.171 e. The first-order chi connectivity index (χ1) is 10.2. The van der Waals surface area contributed by atoms with Gasteiger partial charge in [0.05, 0.1) is 18.1 Å². The van der Waals surface area contributed by atoms with E-state index in [0.29, 0.717) is 6.54 Å². The number of hydrogen-bond donors (Lipinski definition) is 2. The Bertz CT molecular complexity index is 782. The number of nitrogens with zero attached hydrogens (tertiary/aromatic N) is 1. The van der Waals surface area contributed by atoms with Crippen LogP contribution in [0.4, 0.5) is 0 Å². The van der Waals surface area contributed by atoms with Gasteiger partial charge in [0.15, 0.2) is 5.16 Å². The van der Waals surface area contributed by atoms with E-state index in [0.717, 1.165) is 27.5 Å². The third-order valence-corrected chi connectivity index (χ3v) is 4.41. The van der Waals surface area contributed by atoms with Crippen LogP contribution in [0.3, 0.4) is 0 Å². The maximum Gasteiger partial charge on any atom is 0.171 e. The minimum absolute atomic E-state index is 0.566. The van der Waals surface area contributed by atoms with Gasteiger partial charge in [-0.15, -0.1) is 0 Å². The van der Waals surface area contributed by atoms with Gasteiger partial charge in [0, 0.05) is 17.5 Å². The summed E-state index contributed by atoms with van der Waals surface area (Å²) in [7, 11) is 1.66. The summed E-state index contributed by atoms with van der Waals surface area (Å²) < 4.78 is 5.23. The van der Waals surface area contributed by atoms with Gasteiger partial charge in [0.25, 0.3) is 0 Å². The predicted molar refractivity (Wildman–Crippen MR) is 85.8 cm³/mol. The zero-order chi connectivity index (χ0) is 14.8. The molecule has 108 valence electrons. The van der Waals surface area contributed by atoms with Crippen LogP contribution in [-0.2, 0) is 6.54 Å². The van der Waals surface area contributed by atoms with Gasteiger partial charge in [-0.05, 0) is 36.2 Å². The van der Waals surface area contributed by atoms with Gasteiger partial charge < -0.3 is 15.5 Å². The fraction of sp³-hybridized carbons (Fsp3) is 0.188. The molecule has 0 saturated carbocycles. The molecular formula is C16H17N3OS. The normalized spacial score (nSPS) is 11.0. The number of methoxy groups -OCH3 is 1. The maximum absolute atomic E-state index is 5.66. The lowest BCUT2D eigenvalue weighted by Gasteiger charge is -2.05. The van der Waals surface area contributed by atoms with Crippen molar-refractivity contribution in [2.75, 3.05) is 7.11 Å². The van der Waals surface area contributed by atoms with E-state index >= 15 is 0 Å². The van der Waals surface area contributed by atoms with E-state index < -0.39 is 0 Å². The number of nitrogens with two attached hydrogens (primary N) is 1. The van der Waals surface area contributed by atoms with E-state index in [4.69, 9.17) is 10.5 Å². The topological polar surface area (TPSA) is 63.9 Å². The molecule has 0 aliphatic heterocycles. The quantitative estimate of drug-likeness (QED) is 0.774. The van der Waals surface area contributed by atoms with Crippen molar-refractivity contribution in [3.05, 3.63) is 47.5 Å². The molecule has 0 spiro atoms. The third kappa shape index (κ3) is 2.89. The van der Waals surface area contributed by atoms with Crippen molar-refractivity contribution in [3.63, 3.8) is 0 Å². The second-order valence-corrected chi connectivity index (χ2v) is 5.86. The molecule has 3 aromatic rings. The number of aromatic amines is 1. The minimum atomic E-state index is 0.566. The number of aromatic nitrogens is 2. The minimum Gasteiger partial charge on any atom is -0.497 e. The van der Waals surface area contributed by atoms with Crippen LogP contribution in [0.1, 0.15) is 11.1 Å². The van der Waals surface area contributed by atoms with Crippen molar-refractivity contribution < 1.29 is 4.74 Å². The Balaban J connectivity index is 1.91. The molecule has 3 N–H and O–H groups in total. The molecule has 1 heterocycles. The van der Waals surface area contributed by atoms with Crippen LogP contribution in [0.15, 0.2) is 46.5 Å². The van der Waals surface area contributed by atoms with Crippen LogP contribution in [0.5, 0.6) is 5.75 Å². The van der Waals surface area contributed by atoms with Gasteiger partial charge in [-0.2, -0.15) is 0 Å². The number of aryl methyl sites for hydroxylation is 1. The predicted octanol–water partition coefficient (Wildman–Crippen LogP) is 3.49. The van der Waals surface area contributed by atoms with Gasteiger partial charge >= 0.3 is 0 Å². The van der Waals surface area contributed by atoms with Crippen LogP contribution in [0, 0.1) is 6.92 Å². The Labute approximate surface area is 127 Å². The fourth-order valence-corrected chi connectivity index (χ4v) is 3.07. The Morgan fingerprint density at radius 3 is 2.81 bits per heavy atom. The molecule has 0 atom stereocenters. The van der Waals surface area contributed by atoms with Crippen molar-refractivity contribution >= 4 is 22.8 Å². The highest BCUT2D eigenvalue weighted by Crippen LogP contribution is 2.31. The van der Waals surface area contributed by atoms with Crippen LogP contribution in [-0.4, -0.2) is 17.1 Å². The van der Waals surface area contributed by atoms with Crippen molar-refractivity contribution in [1.29, 1.82) is 0 Å². The van der Waals surface area contributed by atoms with E-state index in [1.165, 1.54) is 10.5 Å². The van der Waals surface area contributed by atoms with Crippen LogP contribution < -0.4 is 10.5 Å². The molecule has 2 aromatic carbocycles. The molecule has 1 aromatic heterocycles. The van der Waals surface area contributed by atoms with Crippen molar-refractivity contribution in [2.45, 2.75) is 23.5 Å². The van der Waals surface area contributed by atoms with E-state index in [1.807, 2.05) is 18.2 Å². The van der Waals surface area contributed by atoms with Gasteiger partial charge in [-0.3, -0.25) is 0 Å². The summed E-state index contributed by atoms with van der Waals surface area (Å²) in [5.41, 5.74) is 9.94. The Hall–Kier alpha value is -1.98. The summed E-state index contributed by atoms with van der Waals surface area (Å²) in [6.45, 7) is 2.66. The molecule has 3 rings (SSSR count). The number of hydrogen-bond acceptors (Lipinski definition) is 4. The molecule has 0 radical (unpaired) electrons. The lowest BCUT2D eigenvalue weighted by Crippen LogP contribution is -1.96. The lowest BCUT2D eigenvalue weighted by atomic mass is 10.1. The molecule has 0 saturated heterocycles. The van der Waals surface area contributed by atoms with Crippen molar-refractivity contribution in [3.8, 4) is 5.75 Å². The molecule has 5 heteroatoms. The Kier molecular flexibility index (Phi) is 3.86. The zero-order valence-electron chi connectivity index (χ0n) is 12.0. The molecule has 4 nitrogen and oxygen atoms in total. The maximum atomic E-state index is 5.66. The first-order valence-electron chi connectivity index (χ1n) is 6.71. The lowest BCUT2D eigenvalue weighted by molar-refractivity contribution is 0.415. The average molecular weight is 299 g/mol. The highest BCUT2D eigenvalue weighted by atomic mass is 32.2. The van der Waals surface area contributed by atoms with E-state index in [-0.39, 0.29) is 0 Å². The number of imidazole rings is 1. The van der Waals surface area contributed by atoms with Crippen LogP contribution >= 0.6 is 11.8 Å². The molecule has 0 bridgehead atoms. The van der Waals surface area contributed by atoms with Crippen LogP contribution in [0.2, 0.25) is 0 Å². The summed E-state index contributed by atoms with van der Waals surface area (Å²) >= 11 is 1.62. The van der Waals surface area contributed by atoms with Crippen LogP contribution in [0.25, 0.3) is 11.0 Å². The summed E-state index contributed by atoms with van der Waals surface area (Å²) in [5, 5.41) is 0.877. The molecule has 21 heavy (non-hydrogen) atoms. The first kappa shape index (κ1) is 14.0. The van der Waals surface area contributed by atoms with Crippen molar-refractivity contribution in [2.24, 2.45) is 5.73 Å². The number of H-pyrrole nitrogens is 1. The summed E-state index contributed by atoms with van der Waals surface area (Å²) in [5.74, 6) is 0.825. The molecule has 0 aliphatic carbocycles. The van der Waals surface area contributed by atoms with Gasteiger partial charge in [-0.25, -0.2) is 4.98 Å². The molecule has 0 fully saturated rings. The zero-order valence-corrected chi connectivity index (χ0v) is 12.8. The number of nitrogens with one attached hydrogen (secondary N) is 1. The number of ether oxygens (including phenoxy) is 1. The number of rotatable bonds is 4. The summed E-state index contributed by atoms with van der Waals surface area (Å²) in [6, 6.07) is 12.1. The van der Waals surface area contributed by atoms with Gasteiger partial charge in [-0.1, -0.05) is 23.9 Å². The second-order valence-electron chi connectivity index (χ2n) is 4.83. The monoisotopic (exact) mass is 299 g/mol. The number of fused-ring (bicyclic) bond motifs is 1. The molecule has 0 amide bonds. The fourth-order valence-electron chi connectivity index (χ4n) is 2.20. The standard InChI is InChI=1S/C16H17N3OS/c1-10-7-11(9-17)3-6-15(10)21-16-18-13-5-4-12(20-2)8-14(13)19-16/h3-8H,9,17H2,1-2H3,(H,18,19). The third-order valence-electron chi connectivity index (χ3n) is 3.35. The summed E-state index contributed by atoms with van der Waals surface area (Å²) in [6.07, 6.45) is 0. The molecule has 0 aliphatic rings.